The van der Waals surface area contributed by atoms with E-state index in [1.165, 1.54) is 0 Å². The molecule has 5 heteroatoms. The molecule has 0 bridgehead atoms. The summed E-state index contributed by atoms with van der Waals surface area (Å²) < 4.78 is 10.8. The van der Waals surface area contributed by atoms with E-state index in [1.807, 2.05) is 25.1 Å². The normalized spacial score (nSPS) is 14.7. The second-order valence-electron chi connectivity index (χ2n) is 5.35. The average Bonchev–Trinajstić information content (AvgIpc) is 2.56. The summed E-state index contributed by atoms with van der Waals surface area (Å²) in [5.74, 6) is 0.214. The molecule has 0 atom stereocenters. The molecule has 0 N–H and O–H groups in total. The van der Waals surface area contributed by atoms with Gasteiger partial charge in [-0.15, -0.1) is 0 Å². The van der Waals surface area contributed by atoms with Gasteiger partial charge in [-0.2, -0.15) is 5.26 Å². The standard InChI is InChI=1S/C19H22N2O3/c1-5-21(6-2)14-8-9-15-13(4)10-17(24-18(15)11-14)16(12-20)19(22)23-7-3/h8-11H,5-7H2,1-4H3/b17-16+. The number of rotatable bonds is 5. The first-order chi connectivity index (χ1) is 11.5. The maximum atomic E-state index is 11.9. The van der Waals surface area contributed by atoms with Crippen LogP contribution in [0.3, 0.4) is 0 Å². The molecule has 1 aliphatic heterocycles. The van der Waals surface area contributed by atoms with Crippen molar-refractivity contribution in [1.82, 2.24) is 0 Å². The second-order valence-corrected chi connectivity index (χ2v) is 5.35. The highest BCUT2D eigenvalue weighted by molar-refractivity contribution is 5.95. The van der Waals surface area contributed by atoms with Crippen molar-refractivity contribution in [2.24, 2.45) is 0 Å². The summed E-state index contributed by atoms with van der Waals surface area (Å²) >= 11 is 0. The highest BCUT2D eigenvalue weighted by Gasteiger charge is 2.23. The maximum Gasteiger partial charge on any atom is 0.352 e. The zero-order valence-electron chi connectivity index (χ0n) is 14.5. The number of esters is 1. The second kappa shape index (κ2) is 7.69. The fraction of sp³-hybridized carbons (Fsp3) is 0.368. The molecule has 1 aliphatic rings. The van der Waals surface area contributed by atoms with Crippen LogP contribution in [0.15, 0.2) is 35.6 Å². The zero-order valence-corrected chi connectivity index (χ0v) is 14.5. The fourth-order valence-electron chi connectivity index (χ4n) is 2.66. The van der Waals surface area contributed by atoms with Gasteiger partial charge in [0.05, 0.1) is 6.61 Å². The number of benzene rings is 1. The molecular weight excluding hydrogens is 304 g/mol. The first-order valence-electron chi connectivity index (χ1n) is 8.12. The summed E-state index contributed by atoms with van der Waals surface area (Å²) in [6.45, 7) is 9.80. The molecule has 0 fully saturated rings. The van der Waals surface area contributed by atoms with Crippen LogP contribution in [0.4, 0.5) is 5.69 Å². The Labute approximate surface area is 142 Å². The Morgan fingerprint density at radius 3 is 2.58 bits per heavy atom. The van der Waals surface area contributed by atoms with Crippen LogP contribution in [0.2, 0.25) is 0 Å². The molecule has 0 spiro atoms. The number of nitrogens with zero attached hydrogens (tertiary/aromatic N) is 2. The summed E-state index contributed by atoms with van der Waals surface area (Å²) in [6.07, 6.45) is 1.70. The van der Waals surface area contributed by atoms with Crippen LogP contribution < -0.4 is 9.64 Å². The molecule has 0 saturated carbocycles. The first kappa shape index (κ1) is 17.6. The Bertz CT molecular complexity index is 737. The number of anilines is 1. The van der Waals surface area contributed by atoms with Gasteiger partial charge in [0.1, 0.15) is 11.8 Å². The third-order valence-corrected chi connectivity index (χ3v) is 3.92. The van der Waals surface area contributed by atoms with Gasteiger partial charge < -0.3 is 14.4 Å². The van der Waals surface area contributed by atoms with E-state index in [2.05, 4.69) is 24.8 Å². The van der Waals surface area contributed by atoms with E-state index in [4.69, 9.17) is 9.47 Å². The van der Waals surface area contributed by atoms with Gasteiger partial charge >= 0.3 is 5.97 Å². The lowest BCUT2D eigenvalue weighted by Crippen LogP contribution is -2.22. The van der Waals surface area contributed by atoms with E-state index in [0.717, 1.165) is 29.9 Å². The Morgan fingerprint density at radius 1 is 1.29 bits per heavy atom. The van der Waals surface area contributed by atoms with E-state index in [9.17, 15) is 10.1 Å². The van der Waals surface area contributed by atoms with Gasteiger partial charge in [-0.3, -0.25) is 0 Å². The van der Waals surface area contributed by atoms with E-state index in [1.54, 1.807) is 13.0 Å². The van der Waals surface area contributed by atoms with Crippen molar-refractivity contribution in [3.63, 3.8) is 0 Å². The molecule has 0 radical (unpaired) electrons. The maximum absolute atomic E-state index is 11.9. The van der Waals surface area contributed by atoms with Crippen LogP contribution in [-0.4, -0.2) is 25.7 Å². The number of carbonyl (C=O) groups excluding carboxylic acids is 1. The number of allylic oxidation sites excluding steroid dienone is 2. The van der Waals surface area contributed by atoms with E-state index < -0.39 is 5.97 Å². The number of hydrogen-bond donors (Lipinski definition) is 0. The van der Waals surface area contributed by atoms with Crippen LogP contribution in [0.25, 0.3) is 5.57 Å². The molecule has 0 aromatic heterocycles. The summed E-state index contributed by atoms with van der Waals surface area (Å²) in [5.41, 5.74) is 2.82. The van der Waals surface area contributed by atoms with E-state index in [0.29, 0.717) is 5.75 Å². The van der Waals surface area contributed by atoms with Gasteiger partial charge in [0, 0.05) is 30.4 Å². The molecule has 0 unspecified atom stereocenters. The third-order valence-electron chi connectivity index (χ3n) is 3.92. The molecule has 1 aromatic rings. The van der Waals surface area contributed by atoms with Crippen LogP contribution >= 0.6 is 0 Å². The van der Waals surface area contributed by atoms with Gasteiger partial charge in [-0.1, -0.05) is 0 Å². The van der Waals surface area contributed by atoms with Gasteiger partial charge in [-0.05, 0) is 51.5 Å². The Hall–Kier alpha value is -2.74. The molecule has 2 rings (SSSR count). The van der Waals surface area contributed by atoms with Gasteiger partial charge in [0.25, 0.3) is 0 Å². The number of ether oxygens (including phenoxy) is 2. The molecule has 0 amide bonds. The van der Waals surface area contributed by atoms with E-state index in [-0.39, 0.29) is 17.9 Å². The fourth-order valence-corrected chi connectivity index (χ4v) is 2.66. The van der Waals surface area contributed by atoms with Crippen molar-refractivity contribution in [3.8, 4) is 11.8 Å². The van der Waals surface area contributed by atoms with Gasteiger partial charge in [0.2, 0.25) is 0 Å². The predicted molar refractivity (Wildman–Crippen MR) is 93.6 cm³/mol. The Morgan fingerprint density at radius 2 is 2.00 bits per heavy atom. The molecule has 126 valence electrons. The number of carbonyl (C=O) groups is 1. The molecule has 24 heavy (non-hydrogen) atoms. The molecule has 1 heterocycles. The van der Waals surface area contributed by atoms with Crippen molar-refractivity contribution in [2.45, 2.75) is 27.7 Å². The van der Waals surface area contributed by atoms with Crippen molar-refractivity contribution >= 4 is 17.2 Å². The highest BCUT2D eigenvalue weighted by Crippen LogP contribution is 2.36. The van der Waals surface area contributed by atoms with Crippen molar-refractivity contribution < 1.29 is 14.3 Å². The lowest BCUT2D eigenvalue weighted by atomic mass is 10.0. The number of hydrogen-bond acceptors (Lipinski definition) is 5. The monoisotopic (exact) mass is 326 g/mol. The topological polar surface area (TPSA) is 62.6 Å². The summed E-state index contributed by atoms with van der Waals surface area (Å²) in [7, 11) is 0. The molecule has 1 aromatic carbocycles. The minimum Gasteiger partial charge on any atom is -0.462 e. The minimum absolute atomic E-state index is 0.116. The quantitative estimate of drug-likeness (QED) is 0.469. The lowest BCUT2D eigenvalue weighted by molar-refractivity contribution is -0.138. The molecular formula is C19H22N2O3. The molecule has 0 saturated heterocycles. The highest BCUT2D eigenvalue weighted by atomic mass is 16.5. The summed E-state index contributed by atoms with van der Waals surface area (Å²) in [6, 6.07) is 7.89. The largest absolute Gasteiger partial charge is 0.462 e. The lowest BCUT2D eigenvalue weighted by Gasteiger charge is -2.25. The van der Waals surface area contributed by atoms with Crippen molar-refractivity contribution in [2.75, 3.05) is 24.6 Å². The average molecular weight is 326 g/mol. The van der Waals surface area contributed by atoms with Gasteiger partial charge in [-0.25, -0.2) is 4.79 Å². The SMILES string of the molecule is CCOC(=O)/C(C#N)=C1\C=C(C)c2ccc(N(CC)CC)cc2O1. The predicted octanol–water partition coefficient (Wildman–Crippen LogP) is 3.67. The smallest absolute Gasteiger partial charge is 0.352 e. The zero-order chi connectivity index (χ0) is 17.7. The van der Waals surface area contributed by atoms with Crippen molar-refractivity contribution in [1.29, 1.82) is 5.26 Å². The Balaban J connectivity index is 2.47. The Kier molecular flexibility index (Phi) is 5.64. The number of nitriles is 1. The van der Waals surface area contributed by atoms with Crippen molar-refractivity contribution in [3.05, 3.63) is 41.2 Å². The van der Waals surface area contributed by atoms with Crippen LogP contribution in [-0.2, 0) is 9.53 Å². The number of fused-ring (bicyclic) bond motifs is 1. The van der Waals surface area contributed by atoms with Crippen LogP contribution in [0.5, 0.6) is 5.75 Å². The van der Waals surface area contributed by atoms with Crippen LogP contribution in [0, 0.1) is 11.3 Å². The molecule has 5 nitrogen and oxygen atoms in total. The van der Waals surface area contributed by atoms with Gasteiger partial charge in [0.15, 0.2) is 11.3 Å². The summed E-state index contributed by atoms with van der Waals surface area (Å²) in [5, 5.41) is 9.30. The molecule has 0 aliphatic carbocycles. The van der Waals surface area contributed by atoms with Crippen LogP contribution in [0.1, 0.15) is 33.3 Å². The minimum atomic E-state index is -0.664. The summed E-state index contributed by atoms with van der Waals surface area (Å²) in [4.78, 5) is 14.1. The first-order valence-corrected chi connectivity index (χ1v) is 8.12. The third kappa shape index (κ3) is 3.43. The van der Waals surface area contributed by atoms with E-state index >= 15 is 0 Å².